The first-order chi connectivity index (χ1) is 8.30. The van der Waals surface area contributed by atoms with Crippen molar-refractivity contribution in [2.24, 2.45) is 11.7 Å². The van der Waals surface area contributed by atoms with Crippen LogP contribution in [0.4, 0.5) is 0 Å². The molecular weight excluding hydrogens is 210 g/mol. The predicted molar refractivity (Wildman–Crippen MR) is 73.1 cm³/mol. The Morgan fingerprint density at radius 2 is 1.94 bits per heavy atom. The molecular formula is C14H29N3. The van der Waals surface area contributed by atoms with Crippen molar-refractivity contribution in [1.82, 2.24) is 9.80 Å². The van der Waals surface area contributed by atoms with Crippen LogP contribution in [0.5, 0.6) is 0 Å². The van der Waals surface area contributed by atoms with E-state index in [4.69, 9.17) is 5.73 Å². The van der Waals surface area contributed by atoms with E-state index in [0.717, 1.165) is 18.5 Å². The van der Waals surface area contributed by atoms with Crippen LogP contribution in [0.1, 0.15) is 39.5 Å². The molecule has 2 rings (SSSR count). The Balaban J connectivity index is 1.86. The molecule has 1 saturated carbocycles. The molecule has 0 radical (unpaired) electrons. The maximum atomic E-state index is 5.99. The van der Waals surface area contributed by atoms with Crippen LogP contribution in [-0.2, 0) is 0 Å². The Labute approximate surface area is 106 Å². The lowest BCUT2D eigenvalue weighted by atomic mass is 9.79. The zero-order valence-corrected chi connectivity index (χ0v) is 11.6. The summed E-state index contributed by atoms with van der Waals surface area (Å²) in [4.78, 5) is 5.28. The molecule has 1 heterocycles. The molecule has 2 atom stereocenters. The molecule has 2 aliphatic rings. The van der Waals surface area contributed by atoms with Crippen molar-refractivity contribution in [2.45, 2.75) is 51.6 Å². The van der Waals surface area contributed by atoms with Crippen LogP contribution in [0.3, 0.4) is 0 Å². The second kappa shape index (κ2) is 6.17. The first-order valence-corrected chi connectivity index (χ1v) is 7.48. The number of rotatable bonds is 6. The molecule has 3 nitrogen and oxygen atoms in total. The van der Waals surface area contributed by atoms with Crippen molar-refractivity contribution in [1.29, 1.82) is 0 Å². The van der Waals surface area contributed by atoms with Crippen molar-refractivity contribution in [3.05, 3.63) is 0 Å². The van der Waals surface area contributed by atoms with E-state index in [-0.39, 0.29) is 0 Å². The van der Waals surface area contributed by atoms with Crippen LogP contribution in [-0.4, -0.2) is 54.6 Å². The van der Waals surface area contributed by atoms with Gasteiger partial charge >= 0.3 is 0 Å². The van der Waals surface area contributed by atoms with E-state index in [9.17, 15) is 0 Å². The van der Waals surface area contributed by atoms with E-state index in [0.29, 0.717) is 6.04 Å². The summed E-state index contributed by atoms with van der Waals surface area (Å²) < 4.78 is 0. The minimum absolute atomic E-state index is 0.671. The summed E-state index contributed by atoms with van der Waals surface area (Å²) in [5.41, 5.74) is 5.99. The maximum absolute atomic E-state index is 5.99. The molecule has 17 heavy (non-hydrogen) atoms. The van der Waals surface area contributed by atoms with Crippen LogP contribution < -0.4 is 5.73 Å². The summed E-state index contributed by atoms with van der Waals surface area (Å²) in [6.45, 7) is 10.3. The van der Waals surface area contributed by atoms with Crippen molar-refractivity contribution < 1.29 is 0 Å². The number of nitrogens with two attached hydrogens (primary N) is 1. The van der Waals surface area contributed by atoms with Gasteiger partial charge in [-0.25, -0.2) is 0 Å². The largest absolute Gasteiger partial charge is 0.329 e. The molecule has 2 fully saturated rings. The van der Waals surface area contributed by atoms with Gasteiger partial charge in [0.2, 0.25) is 0 Å². The Kier molecular flexibility index (Phi) is 4.83. The minimum atomic E-state index is 0.671. The van der Waals surface area contributed by atoms with Crippen molar-refractivity contribution in [2.75, 3.05) is 32.7 Å². The zero-order chi connectivity index (χ0) is 12.3. The van der Waals surface area contributed by atoms with Crippen LogP contribution in [0, 0.1) is 5.92 Å². The fourth-order valence-electron chi connectivity index (χ4n) is 3.57. The molecule has 2 N–H and O–H groups in total. The SMILES string of the molecule is CCN(CC)C1CCN(C(CN)C2CCC2)C1. The Hall–Kier alpha value is -0.120. The fourth-order valence-corrected chi connectivity index (χ4v) is 3.57. The van der Waals surface area contributed by atoms with E-state index in [1.54, 1.807) is 0 Å². The van der Waals surface area contributed by atoms with Crippen LogP contribution >= 0.6 is 0 Å². The molecule has 0 bridgehead atoms. The van der Waals surface area contributed by atoms with Gasteiger partial charge < -0.3 is 5.73 Å². The topological polar surface area (TPSA) is 32.5 Å². The van der Waals surface area contributed by atoms with E-state index in [2.05, 4.69) is 23.6 Å². The lowest BCUT2D eigenvalue weighted by Gasteiger charge is -2.39. The number of likely N-dealkylation sites (N-methyl/N-ethyl adjacent to an activating group) is 1. The number of hydrogen-bond acceptors (Lipinski definition) is 3. The smallest absolute Gasteiger partial charge is 0.0247 e. The maximum Gasteiger partial charge on any atom is 0.0247 e. The molecule has 0 amide bonds. The van der Waals surface area contributed by atoms with E-state index < -0.39 is 0 Å². The highest BCUT2D eigenvalue weighted by atomic mass is 15.3. The van der Waals surface area contributed by atoms with Gasteiger partial charge in [-0.1, -0.05) is 20.3 Å². The minimum Gasteiger partial charge on any atom is -0.329 e. The normalized spacial score (nSPS) is 28.6. The Bertz CT molecular complexity index is 224. The molecule has 1 aliphatic heterocycles. The Morgan fingerprint density at radius 1 is 1.24 bits per heavy atom. The van der Waals surface area contributed by atoms with Gasteiger partial charge in [-0.2, -0.15) is 0 Å². The van der Waals surface area contributed by atoms with Crippen LogP contribution in [0.15, 0.2) is 0 Å². The third-order valence-electron chi connectivity index (χ3n) is 4.93. The molecule has 100 valence electrons. The molecule has 0 aromatic rings. The summed E-state index contributed by atoms with van der Waals surface area (Å²) in [5.74, 6) is 0.899. The summed E-state index contributed by atoms with van der Waals surface area (Å²) >= 11 is 0. The lowest BCUT2D eigenvalue weighted by Crippen LogP contribution is -2.48. The van der Waals surface area contributed by atoms with Gasteiger partial charge in [0.25, 0.3) is 0 Å². The van der Waals surface area contributed by atoms with Gasteiger partial charge in [0.05, 0.1) is 0 Å². The quantitative estimate of drug-likeness (QED) is 0.763. The molecule has 1 saturated heterocycles. The van der Waals surface area contributed by atoms with Crippen molar-refractivity contribution >= 4 is 0 Å². The van der Waals surface area contributed by atoms with E-state index >= 15 is 0 Å². The van der Waals surface area contributed by atoms with Crippen LogP contribution in [0.2, 0.25) is 0 Å². The molecule has 0 aromatic heterocycles. The standard InChI is InChI=1S/C14H29N3/c1-3-16(4-2)13-8-9-17(11-13)14(10-15)12-6-5-7-12/h12-14H,3-11,15H2,1-2H3. The zero-order valence-electron chi connectivity index (χ0n) is 11.6. The second-order valence-electron chi connectivity index (χ2n) is 5.65. The number of nitrogens with zero attached hydrogens (tertiary/aromatic N) is 2. The first kappa shape index (κ1) is 13.3. The molecule has 0 aromatic carbocycles. The number of hydrogen-bond donors (Lipinski definition) is 1. The summed E-state index contributed by atoms with van der Waals surface area (Å²) in [6, 6.07) is 1.45. The fraction of sp³-hybridized carbons (Fsp3) is 1.00. The van der Waals surface area contributed by atoms with Gasteiger partial charge in [-0.3, -0.25) is 9.80 Å². The molecule has 0 spiro atoms. The van der Waals surface area contributed by atoms with Gasteiger partial charge in [0, 0.05) is 31.7 Å². The Morgan fingerprint density at radius 3 is 2.41 bits per heavy atom. The third kappa shape index (κ3) is 2.83. The first-order valence-electron chi connectivity index (χ1n) is 7.48. The third-order valence-corrected chi connectivity index (χ3v) is 4.93. The average molecular weight is 239 g/mol. The predicted octanol–water partition coefficient (Wildman–Crippen LogP) is 1.53. The number of likely N-dealkylation sites (tertiary alicyclic amines) is 1. The highest BCUT2D eigenvalue weighted by molar-refractivity contribution is 4.92. The van der Waals surface area contributed by atoms with Crippen LogP contribution in [0.25, 0.3) is 0 Å². The molecule has 3 heteroatoms. The second-order valence-corrected chi connectivity index (χ2v) is 5.65. The monoisotopic (exact) mass is 239 g/mol. The van der Waals surface area contributed by atoms with Gasteiger partial charge in [-0.05, 0) is 38.3 Å². The molecule has 2 unspecified atom stereocenters. The summed E-state index contributed by atoms with van der Waals surface area (Å²) in [5, 5.41) is 0. The highest BCUT2D eigenvalue weighted by Gasteiger charge is 2.35. The van der Waals surface area contributed by atoms with Gasteiger partial charge in [-0.15, -0.1) is 0 Å². The van der Waals surface area contributed by atoms with E-state index in [1.807, 2.05) is 0 Å². The van der Waals surface area contributed by atoms with Crippen molar-refractivity contribution in [3.8, 4) is 0 Å². The van der Waals surface area contributed by atoms with Gasteiger partial charge in [0.1, 0.15) is 0 Å². The summed E-state index contributed by atoms with van der Waals surface area (Å²) in [7, 11) is 0. The average Bonchev–Trinajstić information content (AvgIpc) is 2.74. The summed E-state index contributed by atoms with van der Waals surface area (Å²) in [6.07, 6.45) is 5.59. The van der Waals surface area contributed by atoms with E-state index in [1.165, 1.54) is 51.9 Å². The highest BCUT2D eigenvalue weighted by Crippen LogP contribution is 2.33. The van der Waals surface area contributed by atoms with Gasteiger partial charge in [0.15, 0.2) is 0 Å². The molecule has 1 aliphatic carbocycles. The van der Waals surface area contributed by atoms with Crippen molar-refractivity contribution in [3.63, 3.8) is 0 Å². The lowest BCUT2D eigenvalue weighted by molar-refractivity contribution is 0.111.